The van der Waals surface area contributed by atoms with Crippen LogP contribution in [0.3, 0.4) is 0 Å². The maximum absolute atomic E-state index is 11.5. The molecule has 0 bridgehead atoms. The molecule has 0 amide bonds. The van der Waals surface area contributed by atoms with Gasteiger partial charge in [0.25, 0.3) is 0 Å². The third-order valence-corrected chi connectivity index (χ3v) is 2.78. The van der Waals surface area contributed by atoms with Gasteiger partial charge < -0.3 is 5.11 Å². The quantitative estimate of drug-likeness (QED) is 0.854. The van der Waals surface area contributed by atoms with Gasteiger partial charge in [-0.2, -0.15) is 0 Å². The van der Waals surface area contributed by atoms with Crippen LogP contribution in [0.4, 0.5) is 0 Å². The highest BCUT2D eigenvalue weighted by molar-refractivity contribution is 8.13. The van der Waals surface area contributed by atoms with E-state index in [0.717, 1.165) is 17.3 Å². The summed E-state index contributed by atoms with van der Waals surface area (Å²) < 4.78 is 0. The van der Waals surface area contributed by atoms with E-state index in [1.807, 2.05) is 0 Å². The molecule has 0 heterocycles. The van der Waals surface area contributed by atoms with Crippen molar-refractivity contribution in [1.29, 1.82) is 0 Å². The SMILES string of the molecule is CSC(=O)c1cccc(CC(=O)O)c1C. The van der Waals surface area contributed by atoms with Crippen LogP contribution in [0.15, 0.2) is 18.2 Å². The molecule has 0 aromatic heterocycles. The first kappa shape index (κ1) is 11.8. The molecule has 0 aliphatic rings. The van der Waals surface area contributed by atoms with E-state index in [9.17, 15) is 9.59 Å². The molecule has 1 N–H and O–H groups in total. The van der Waals surface area contributed by atoms with E-state index in [-0.39, 0.29) is 11.5 Å². The summed E-state index contributed by atoms with van der Waals surface area (Å²) in [4.78, 5) is 22.1. The molecular weight excluding hydrogens is 212 g/mol. The molecule has 0 saturated carbocycles. The summed E-state index contributed by atoms with van der Waals surface area (Å²) in [7, 11) is 0. The largest absolute Gasteiger partial charge is 0.481 e. The Balaban J connectivity index is 3.11. The van der Waals surface area contributed by atoms with E-state index in [0.29, 0.717) is 11.1 Å². The molecule has 1 rings (SSSR count). The number of benzene rings is 1. The highest BCUT2D eigenvalue weighted by atomic mass is 32.2. The number of carboxylic acid groups (broad SMARTS) is 1. The minimum absolute atomic E-state index is 0.0280. The lowest BCUT2D eigenvalue weighted by Crippen LogP contribution is -2.05. The van der Waals surface area contributed by atoms with Gasteiger partial charge in [-0.1, -0.05) is 30.0 Å². The number of aliphatic carboxylic acids is 1. The van der Waals surface area contributed by atoms with Crippen molar-refractivity contribution in [3.05, 3.63) is 34.9 Å². The Morgan fingerprint density at radius 1 is 1.40 bits per heavy atom. The van der Waals surface area contributed by atoms with E-state index in [1.54, 1.807) is 31.4 Å². The Morgan fingerprint density at radius 2 is 2.07 bits per heavy atom. The fourth-order valence-corrected chi connectivity index (χ4v) is 1.81. The summed E-state index contributed by atoms with van der Waals surface area (Å²) >= 11 is 1.13. The summed E-state index contributed by atoms with van der Waals surface area (Å²) in [5.41, 5.74) is 2.06. The molecule has 0 saturated heterocycles. The van der Waals surface area contributed by atoms with Crippen LogP contribution < -0.4 is 0 Å². The van der Waals surface area contributed by atoms with Crippen molar-refractivity contribution < 1.29 is 14.7 Å². The highest BCUT2D eigenvalue weighted by Gasteiger charge is 2.11. The zero-order chi connectivity index (χ0) is 11.4. The standard InChI is InChI=1S/C11H12O3S/c1-7-8(6-10(12)13)4-3-5-9(7)11(14)15-2/h3-5H,6H2,1-2H3,(H,12,13). The van der Waals surface area contributed by atoms with Gasteiger partial charge in [-0.3, -0.25) is 9.59 Å². The van der Waals surface area contributed by atoms with Crippen LogP contribution in [0.1, 0.15) is 21.5 Å². The summed E-state index contributed by atoms with van der Waals surface area (Å²) in [6, 6.07) is 5.18. The van der Waals surface area contributed by atoms with Crippen molar-refractivity contribution in [1.82, 2.24) is 0 Å². The Kier molecular flexibility index (Phi) is 3.91. The smallest absolute Gasteiger partial charge is 0.307 e. The van der Waals surface area contributed by atoms with Gasteiger partial charge in [0, 0.05) is 5.56 Å². The fraction of sp³-hybridized carbons (Fsp3) is 0.273. The lowest BCUT2D eigenvalue weighted by molar-refractivity contribution is -0.136. The molecule has 0 atom stereocenters. The van der Waals surface area contributed by atoms with Crippen LogP contribution >= 0.6 is 11.8 Å². The molecule has 15 heavy (non-hydrogen) atoms. The van der Waals surface area contributed by atoms with Crippen LogP contribution in [0.2, 0.25) is 0 Å². The summed E-state index contributed by atoms with van der Waals surface area (Å²) in [6.45, 7) is 1.78. The predicted octanol–water partition coefficient (Wildman–Crippen LogP) is 2.13. The third-order valence-electron chi connectivity index (χ3n) is 2.19. The van der Waals surface area contributed by atoms with Crippen molar-refractivity contribution in [2.75, 3.05) is 6.26 Å². The van der Waals surface area contributed by atoms with Gasteiger partial charge in [-0.25, -0.2) is 0 Å². The lowest BCUT2D eigenvalue weighted by Gasteiger charge is -2.07. The van der Waals surface area contributed by atoms with Crippen LogP contribution in [-0.4, -0.2) is 22.4 Å². The highest BCUT2D eigenvalue weighted by Crippen LogP contribution is 2.18. The number of carbonyl (C=O) groups excluding carboxylic acids is 1. The molecule has 0 fully saturated rings. The molecule has 0 spiro atoms. The average Bonchev–Trinajstić information content (AvgIpc) is 2.19. The summed E-state index contributed by atoms with van der Waals surface area (Å²) in [5.74, 6) is -0.883. The molecule has 0 unspecified atom stereocenters. The first-order valence-corrected chi connectivity index (χ1v) is 5.67. The van der Waals surface area contributed by atoms with Crippen molar-refractivity contribution in [2.45, 2.75) is 13.3 Å². The Hall–Kier alpha value is -1.29. The zero-order valence-corrected chi connectivity index (χ0v) is 9.43. The van der Waals surface area contributed by atoms with E-state index in [4.69, 9.17) is 5.11 Å². The van der Waals surface area contributed by atoms with Gasteiger partial charge in [0.15, 0.2) is 0 Å². The number of rotatable bonds is 3. The zero-order valence-electron chi connectivity index (χ0n) is 8.61. The van der Waals surface area contributed by atoms with E-state index in [2.05, 4.69) is 0 Å². The number of thioether (sulfide) groups is 1. The van der Waals surface area contributed by atoms with Crippen LogP contribution in [0.5, 0.6) is 0 Å². The van der Waals surface area contributed by atoms with E-state index >= 15 is 0 Å². The predicted molar refractivity (Wildman–Crippen MR) is 60.4 cm³/mol. The van der Waals surface area contributed by atoms with Gasteiger partial charge in [0.2, 0.25) is 5.12 Å². The average molecular weight is 224 g/mol. The molecule has 1 aromatic carbocycles. The number of hydrogen-bond donors (Lipinski definition) is 1. The Labute approximate surface area is 92.5 Å². The lowest BCUT2D eigenvalue weighted by atomic mass is 10.0. The van der Waals surface area contributed by atoms with Crippen LogP contribution in [-0.2, 0) is 11.2 Å². The van der Waals surface area contributed by atoms with Crippen molar-refractivity contribution >= 4 is 22.8 Å². The van der Waals surface area contributed by atoms with Gasteiger partial charge in [-0.15, -0.1) is 0 Å². The van der Waals surface area contributed by atoms with Gasteiger partial charge >= 0.3 is 5.97 Å². The molecule has 1 aromatic rings. The Bertz CT molecular complexity index is 399. The first-order valence-electron chi connectivity index (χ1n) is 4.45. The molecule has 0 aliphatic carbocycles. The van der Waals surface area contributed by atoms with Crippen molar-refractivity contribution in [2.24, 2.45) is 0 Å². The molecule has 0 radical (unpaired) electrons. The maximum Gasteiger partial charge on any atom is 0.307 e. The number of hydrogen-bond acceptors (Lipinski definition) is 3. The fourth-order valence-electron chi connectivity index (χ4n) is 1.37. The summed E-state index contributed by atoms with van der Waals surface area (Å²) in [6.07, 6.45) is 1.67. The van der Waals surface area contributed by atoms with Crippen molar-refractivity contribution in [3.8, 4) is 0 Å². The van der Waals surface area contributed by atoms with Gasteiger partial charge in [0.05, 0.1) is 6.42 Å². The second kappa shape index (κ2) is 4.98. The molecule has 0 aliphatic heterocycles. The third kappa shape index (κ3) is 2.83. The van der Waals surface area contributed by atoms with Gasteiger partial charge in [0.1, 0.15) is 0 Å². The number of carboxylic acids is 1. The minimum atomic E-state index is -0.883. The Morgan fingerprint density at radius 3 is 2.60 bits per heavy atom. The second-order valence-corrected chi connectivity index (χ2v) is 3.93. The van der Waals surface area contributed by atoms with Crippen LogP contribution in [0.25, 0.3) is 0 Å². The normalized spacial score (nSPS) is 10.0. The molecular formula is C11H12O3S. The monoisotopic (exact) mass is 224 g/mol. The topological polar surface area (TPSA) is 54.4 Å². The molecule has 4 heteroatoms. The van der Waals surface area contributed by atoms with E-state index < -0.39 is 5.97 Å². The molecule has 80 valence electrons. The maximum atomic E-state index is 11.5. The summed E-state index contributed by atoms with van der Waals surface area (Å²) in [5, 5.41) is 8.66. The first-order chi connectivity index (χ1) is 7.06. The van der Waals surface area contributed by atoms with Crippen LogP contribution in [0, 0.1) is 6.92 Å². The molecule has 3 nitrogen and oxygen atoms in total. The van der Waals surface area contributed by atoms with Gasteiger partial charge in [-0.05, 0) is 24.3 Å². The second-order valence-electron chi connectivity index (χ2n) is 3.15. The van der Waals surface area contributed by atoms with Crippen molar-refractivity contribution in [3.63, 3.8) is 0 Å². The minimum Gasteiger partial charge on any atom is -0.481 e. The van der Waals surface area contributed by atoms with E-state index in [1.165, 1.54) is 0 Å². The number of carbonyl (C=O) groups is 2.